The number of aromatic nitrogens is 2. The molecule has 0 fully saturated rings. The molecule has 0 atom stereocenters. The third-order valence-corrected chi connectivity index (χ3v) is 2.31. The Morgan fingerprint density at radius 2 is 1.91 bits per heavy atom. The molecule has 1 aromatic heterocycles. The van der Waals surface area contributed by atoms with Gasteiger partial charge < -0.3 is 0 Å². The van der Waals surface area contributed by atoms with E-state index in [1.807, 2.05) is 0 Å². The molecule has 0 saturated heterocycles. The van der Waals surface area contributed by atoms with E-state index >= 15 is 0 Å². The van der Waals surface area contributed by atoms with Crippen molar-refractivity contribution in [3.8, 4) is 0 Å². The van der Waals surface area contributed by atoms with E-state index in [0.717, 1.165) is 7.19 Å². The molecular formula is C5H4Br2N2O2. The van der Waals surface area contributed by atoms with Crippen LogP contribution in [0.25, 0.3) is 0 Å². The second-order valence-corrected chi connectivity index (χ2v) is 3.47. The van der Waals surface area contributed by atoms with Crippen molar-refractivity contribution in [1.29, 1.82) is 0 Å². The van der Waals surface area contributed by atoms with Gasteiger partial charge in [-0.25, -0.2) is 8.39 Å². The summed E-state index contributed by atoms with van der Waals surface area (Å²) in [5.74, 6) is 0. The van der Waals surface area contributed by atoms with Gasteiger partial charge in [-0.2, -0.15) is 3.59 Å². The molecule has 1 heterocycles. The number of aryl methyl sites for hydroxylation is 1. The molecule has 0 aliphatic carbocycles. The van der Waals surface area contributed by atoms with Crippen molar-refractivity contribution < 1.29 is 0 Å². The Labute approximate surface area is 79.1 Å². The molecular weight excluding hydrogens is 280 g/mol. The van der Waals surface area contributed by atoms with Crippen molar-refractivity contribution in [2.45, 2.75) is 6.92 Å². The first-order valence-corrected chi connectivity index (χ1v) is 4.13. The highest BCUT2D eigenvalue weighted by molar-refractivity contribution is 9.08. The van der Waals surface area contributed by atoms with E-state index < -0.39 is 5.69 Å². The van der Waals surface area contributed by atoms with Crippen molar-refractivity contribution in [1.82, 2.24) is 7.19 Å². The Balaban J connectivity index is 3.74. The van der Waals surface area contributed by atoms with E-state index in [9.17, 15) is 9.59 Å². The maximum Gasteiger partial charge on any atom is 0.351 e. The molecule has 4 nitrogen and oxygen atoms in total. The Morgan fingerprint density at radius 1 is 1.36 bits per heavy atom. The molecule has 0 unspecified atom stereocenters. The molecule has 0 N–H and O–H groups in total. The average molecular weight is 284 g/mol. The number of halogens is 2. The van der Waals surface area contributed by atoms with E-state index in [0.29, 0.717) is 5.56 Å². The summed E-state index contributed by atoms with van der Waals surface area (Å²) in [6.07, 6.45) is 1.42. The average Bonchev–Trinajstić information content (AvgIpc) is 1.97. The molecule has 0 amide bonds. The fourth-order valence-electron chi connectivity index (χ4n) is 0.606. The van der Waals surface area contributed by atoms with Gasteiger partial charge in [0.2, 0.25) is 0 Å². The monoisotopic (exact) mass is 282 g/mol. The summed E-state index contributed by atoms with van der Waals surface area (Å²) in [5.41, 5.74) is -0.315. The number of rotatable bonds is 0. The van der Waals surface area contributed by atoms with Gasteiger partial charge in [0.05, 0.1) is 32.3 Å². The van der Waals surface area contributed by atoms with Gasteiger partial charge in [0.15, 0.2) is 0 Å². The SMILES string of the molecule is Cc1cn(Br)c(=O)n(Br)c1=O. The van der Waals surface area contributed by atoms with E-state index in [2.05, 4.69) is 32.3 Å². The summed E-state index contributed by atoms with van der Waals surface area (Å²) in [6, 6.07) is 0. The smallest absolute Gasteiger partial charge is 0.268 e. The quantitative estimate of drug-likeness (QED) is 0.701. The van der Waals surface area contributed by atoms with Gasteiger partial charge in [-0.15, -0.1) is 0 Å². The van der Waals surface area contributed by atoms with Crippen molar-refractivity contribution in [3.05, 3.63) is 32.6 Å². The lowest BCUT2D eigenvalue weighted by Gasteiger charge is -1.97. The Hall–Kier alpha value is -0.360. The Morgan fingerprint density at radius 3 is 2.45 bits per heavy atom. The molecule has 1 aromatic rings. The molecule has 0 saturated carbocycles. The molecule has 1 rings (SSSR count). The fraction of sp³-hybridized carbons (Fsp3) is 0.200. The molecule has 0 aliphatic heterocycles. The zero-order valence-electron chi connectivity index (χ0n) is 5.54. The number of hydrogen-bond acceptors (Lipinski definition) is 2. The van der Waals surface area contributed by atoms with Crippen LogP contribution in [0, 0.1) is 6.92 Å². The van der Waals surface area contributed by atoms with E-state index in [4.69, 9.17) is 0 Å². The Bertz CT molecular complexity index is 358. The zero-order valence-corrected chi connectivity index (χ0v) is 8.72. The van der Waals surface area contributed by atoms with Crippen LogP contribution >= 0.6 is 32.3 Å². The molecule has 0 bridgehead atoms. The lowest BCUT2D eigenvalue weighted by atomic mass is 10.4. The summed E-state index contributed by atoms with van der Waals surface area (Å²) < 4.78 is 2.01. The first kappa shape index (κ1) is 8.73. The van der Waals surface area contributed by atoms with Crippen LogP contribution in [0.15, 0.2) is 15.8 Å². The lowest BCUT2D eigenvalue weighted by Crippen LogP contribution is -2.32. The third kappa shape index (κ3) is 1.46. The summed E-state index contributed by atoms with van der Waals surface area (Å²) in [5, 5.41) is 0. The number of nitrogens with zero attached hydrogens (tertiary/aromatic N) is 2. The van der Waals surface area contributed by atoms with Crippen LogP contribution in [0.4, 0.5) is 0 Å². The molecule has 0 aromatic carbocycles. The van der Waals surface area contributed by atoms with Gasteiger partial charge in [0.25, 0.3) is 5.56 Å². The molecule has 60 valence electrons. The molecule has 6 heteroatoms. The van der Waals surface area contributed by atoms with Crippen molar-refractivity contribution in [3.63, 3.8) is 0 Å². The Kier molecular flexibility index (Phi) is 2.34. The predicted octanol–water partition coefficient (Wildman–Crippen LogP) is 0.634. The van der Waals surface area contributed by atoms with Gasteiger partial charge in [-0.3, -0.25) is 4.79 Å². The summed E-state index contributed by atoms with van der Waals surface area (Å²) >= 11 is 5.77. The van der Waals surface area contributed by atoms with Crippen molar-refractivity contribution >= 4 is 32.3 Å². The van der Waals surface area contributed by atoms with Crippen LogP contribution in [0.3, 0.4) is 0 Å². The highest BCUT2D eigenvalue weighted by atomic mass is 79.9. The van der Waals surface area contributed by atoms with Crippen LogP contribution in [-0.4, -0.2) is 7.19 Å². The second-order valence-electron chi connectivity index (χ2n) is 1.99. The van der Waals surface area contributed by atoms with Crippen LogP contribution in [0.1, 0.15) is 5.56 Å². The molecule has 0 aliphatic rings. The standard InChI is InChI=1S/C5H4Br2N2O2/c1-3-2-8(6)5(11)9(7)4(3)10/h2H,1H3. The summed E-state index contributed by atoms with van der Waals surface area (Å²) in [7, 11) is 0. The fourth-order valence-corrected chi connectivity index (χ4v) is 1.74. The van der Waals surface area contributed by atoms with Crippen molar-refractivity contribution in [2.24, 2.45) is 0 Å². The largest absolute Gasteiger partial charge is 0.351 e. The van der Waals surface area contributed by atoms with Gasteiger partial charge in [-0.1, -0.05) is 0 Å². The first-order chi connectivity index (χ1) is 5.04. The maximum absolute atomic E-state index is 11.0. The molecule has 0 spiro atoms. The van der Waals surface area contributed by atoms with Crippen LogP contribution in [-0.2, 0) is 0 Å². The number of hydrogen-bond donors (Lipinski definition) is 0. The molecule has 0 radical (unpaired) electrons. The lowest BCUT2D eigenvalue weighted by molar-refractivity contribution is 0.943. The molecule has 11 heavy (non-hydrogen) atoms. The second kappa shape index (κ2) is 2.94. The summed E-state index contributed by atoms with van der Waals surface area (Å²) in [6.45, 7) is 1.62. The maximum atomic E-state index is 11.0. The highest BCUT2D eigenvalue weighted by Crippen LogP contribution is 1.91. The van der Waals surface area contributed by atoms with Gasteiger partial charge in [0.1, 0.15) is 0 Å². The topological polar surface area (TPSA) is 44.0 Å². The normalized spacial score (nSPS) is 10.1. The van der Waals surface area contributed by atoms with Gasteiger partial charge in [-0.05, 0) is 6.92 Å². The third-order valence-electron chi connectivity index (χ3n) is 1.17. The van der Waals surface area contributed by atoms with Crippen LogP contribution < -0.4 is 11.2 Å². The van der Waals surface area contributed by atoms with E-state index in [-0.39, 0.29) is 5.56 Å². The first-order valence-electron chi connectivity index (χ1n) is 2.71. The zero-order chi connectivity index (χ0) is 8.59. The predicted molar refractivity (Wildman–Crippen MR) is 48.3 cm³/mol. The van der Waals surface area contributed by atoms with Crippen LogP contribution in [0.2, 0.25) is 0 Å². The minimum Gasteiger partial charge on any atom is -0.268 e. The minimum atomic E-state index is -0.458. The van der Waals surface area contributed by atoms with Crippen molar-refractivity contribution in [2.75, 3.05) is 0 Å². The van der Waals surface area contributed by atoms with Gasteiger partial charge in [0, 0.05) is 11.8 Å². The summed E-state index contributed by atoms with van der Waals surface area (Å²) in [4.78, 5) is 22.0. The minimum absolute atomic E-state index is 0.342. The van der Waals surface area contributed by atoms with E-state index in [1.165, 1.54) is 6.20 Å². The van der Waals surface area contributed by atoms with E-state index in [1.54, 1.807) is 6.92 Å². The van der Waals surface area contributed by atoms with Gasteiger partial charge >= 0.3 is 5.69 Å². The van der Waals surface area contributed by atoms with Crippen LogP contribution in [0.5, 0.6) is 0 Å². The highest BCUT2D eigenvalue weighted by Gasteiger charge is 2.03.